The Kier molecular flexibility index (Phi) is 4.67. The molecule has 142 valence electrons. The van der Waals surface area contributed by atoms with E-state index < -0.39 is 6.23 Å². The Morgan fingerprint density at radius 3 is 2.71 bits per heavy atom. The Balaban J connectivity index is 1.63. The molecule has 0 fully saturated rings. The van der Waals surface area contributed by atoms with Crippen LogP contribution >= 0.6 is 50.5 Å². The van der Waals surface area contributed by atoms with Crippen molar-refractivity contribution in [3.63, 3.8) is 0 Å². The predicted molar refractivity (Wildman–Crippen MR) is 119 cm³/mol. The van der Waals surface area contributed by atoms with E-state index in [1.54, 1.807) is 17.4 Å². The lowest BCUT2D eigenvalue weighted by molar-refractivity contribution is -0.0190. The van der Waals surface area contributed by atoms with Gasteiger partial charge in [0, 0.05) is 31.9 Å². The molecule has 0 amide bonds. The van der Waals surface area contributed by atoms with Gasteiger partial charge in [0.05, 0.1) is 21.7 Å². The Morgan fingerprint density at radius 1 is 1.11 bits per heavy atom. The molecule has 7 heteroatoms. The van der Waals surface area contributed by atoms with Gasteiger partial charge in [-0.05, 0) is 49.4 Å². The second kappa shape index (κ2) is 7.06. The Labute approximate surface area is 185 Å². The first kappa shape index (κ1) is 18.5. The topological polar surface area (TPSA) is 24.8 Å². The maximum absolute atomic E-state index is 6.52. The molecule has 5 rings (SSSR count). The van der Waals surface area contributed by atoms with Gasteiger partial charge in [-0.1, -0.05) is 45.2 Å². The van der Waals surface area contributed by atoms with Crippen molar-refractivity contribution in [3.05, 3.63) is 83.9 Å². The van der Waals surface area contributed by atoms with Gasteiger partial charge >= 0.3 is 0 Å². The zero-order valence-corrected chi connectivity index (χ0v) is 18.7. The Hall–Kier alpha value is -1.53. The first-order chi connectivity index (χ1) is 13.5. The molecule has 3 aromatic rings. The van der Waals surface area contributed by atoms with Crippen molar-refractivity contribution in [2.45, 2.75) is 25.6 Å². The van der Waals surface area contributed by atoms with Crippen LogP contribution in [0.3, 0.4) is 0 Å². The molecule has 3 nitrogen and oxygen atoms in total. The largest absolute Gasteiger partial charge is 0.464 e. The molecule has 0 N–H and O–H groups in total. The molecule has 0 saturated heterocycles. The summed E-state index contributed by atoms with van der Waals surface area (Å²) in [6, 6.07) is 16.0. The van der Waals surface area contributed by atoms with Crippen molar-refractivity contribution >= 4 is 56.2 Å². The van der Waals surface area contributed by atoms with E-state index >= 15 is 0 Å². The van der Waals surface area contributed by atoms with E-state index in [0.29, 0.717) is 10.0 Å². The van der Waals surface area contributed by atoms with E-state index in [2.05, 4.69) is 41.1 Å². The van der Waals surface area contributed by atoms with Crippen LogP contribution in [0.25, 0.3) is 0 Å². The highest BCUT2D eigenvalue weighted by Crippen LogP contribution is 2.49. The van der Waals surface area contributed by atoms with E-state index in [1.807, 2.05) is 29.3 Å². The van der Waals surface area contributed by atoms with Crippen molar-refractivity contribution in [1.82, 2.24) is 5.01 Å². The maximum Gasteiger partial charge on any atom is 0.215 e. The lowest BCUT2D eigenvalue weighted by Gasteiger charge is -2.38. The summed E-state index contributed by atoms with van der Waals surface area (Å²) in [5.41, 5.74) is 3.06. The highest BCUT2D eigenvalue weighted by Gasteiger charge is 2.42. The number of nitrogens with zero attached hydrogens (tertiary/aromatic N) is 2. The van der Waals surface area contributed by atoms with Gasteiger partial charge in [-0.3, -0.25) is 0 Å². The summed E-state index contributed by atoms with van der Waals surface area (Å²) < 4.78 is 7.40. The molecule has 28 heavy (non-hydrogen) atoms. The van der Waals surface area contributed by atoms with Crippen molar-refractivity contribution in [3.8, 4) is 5.75 Å². The van der Waals surface area contributed by atoms with Gasteiger partial charge in [0.1, 0.15) is 5.75 Å². The number of rotatable bonds is 2. The number of aryl methyl sites for hydroxylation is 1. The fraction of sp³-hybridized carbons (Fsp3) is 0.190. The van der Waals surface area contributed by atoms with Crippen LogP contribution in [0.2, 0.25) is 10.0 Å². The average molecular weight is 494 g/mol. The first-order valence-corrected chi connectivity index (χ1v) is 11.2. The van der Waals surface area contributed by atoms with Gasteiger partial charge in [-0.2, -0.15) is 5.10 Å². The number of benzene rings is 2. The van der Waals surface area contributed by atoms with Gasteiger partial charge in [0.2, 0.25) is 6.23 Å². The molecule has 2 aliphatic heterocycles. The summed E-state index contributed by atoms with van der Waals surface area (Å²) in [4.78, 5) is 2.48. The molecular weight excluding hydrogens is 479 g/mol. The summed E-state index contributed by atoms with van der Waals surface area (Å²) in [5, 5.41) is 8.19. The lowest BCUT2D eigenvalue weighted by Crippen LogP contribution is -2.33. The smallest absolute Gasteiger partial charge is 0.215 e. The van der Waals surface area contributed by atoms with Gasteiger partial charge in [0.25, 0.3) is 0 Å². The van der Waals surface area contributed by atoms with E-state index in [4.69, 9.17) is 33.0 Å². The van der Waals surface area contributed by atoms with Crippen LogP contribution in [0.4, 0.5) is 0 Å². The Morgan fingerprint density at radius 2 is 1.96 bits per heavy atom. The lowest BCUT2D eigenvalue weighted by atomic mass is 9.97. The molecule has 0 unspecified atom stereocenters. The van der Waals surface area contributed by atoms with Crippen LogP contribution in [0.1, 0.15) is 39.6 Å². The molecule has 0 radical (unpaired) electrons. The maximum atomic E-state index is 6.52. The zero-order valence-electron chi connectivity index (χ0n) is 14.8. The minimum Gasteiger partial charge on any atom is -0.464 e. The van der Waals surface area contributed by atoms with E-state index in [-0.39, 0.29) is 6.04 Å². The molecule has 3 heterocycles. The molecular formula is C21H15BrCl2N2OS. The minimum absolute atomic E-state index is 0.0930. The standard InChI is InChI=1S/C21H15BrCl2N2OS/c1-11-2-7-20(28-11)17-10-18-15-8-12(22)3-6-19(15)27-21(26(18)25-17)14-5-4-13(23)9-16(14)24/h2-9,18,21H,10H2,1H3/t18-,21+/m0/s1. The van der Waals surface area contributed by atoms with Crippen molar-refractivity contribution < 1.29 is 4.74 Å². The number of ether oxygens (including phenoxy) is 1. The minimum atomic E-state index is -0.401. The van der Waals surface area contributed by atoms with Crippen molar-refractivity contribution in [1.29, 1.82) is 0 Å². The number of thiophene rings is 1. The highest BCUT2D eigenvalue weighted by molar-refractivity contribution is 9.10. The number of fused-ring (bicyclic) bond motifs is 3. The normalized spacial score (nSPS) is 20.4. The zero-order chi connectivity index (χ0) is 19.4. The number of hydrogen-bond donors (Lipinski definition) is 0. The van der Waals surface area contributed by atoms with Gasteiger partial charge in [-0.25, -0.2) is 5.01 Å². The van der Waals surface area contributed by atoms with Crippen LogP contribution in [-0.4, -0.2) is 10.7 Å². The van der Waals surface area contributed by atoms with Crippen LogP contribution in [-0.2, 0) is 0 Å². The quantitative estimate of drug-likeness (QED) is 0.372. The summed E-state index contributed by atoms with van der Waals surface area (Å²) in [6.45, 7) is 2.11. The van der Waals surface area contributed by atoms with Gasteiger partial charge in [-0.15, -0.1) is 11.3 Å². The predicted octanol–water partition coefficient (Wildman–Crippen LogP) is 7.37. The second-order valence-corrected chi connectivity index (χ2v) is 9.92. The summed E-state index contributed by atoms with van der Waals surface area (Å²) in [5.74, 6) is 0.860. The molecule has 0 aliphatic carbocycles. The fourth-order valence-corrected chi connectivity index (χ4v) is 5.45. The van der Waals surface area contributed by atoms with Crippen molar-refractivity contribution in [2.75, 3.05) is 0 Å². The van der Waals surface area contributed by atoms with Crippen LogP contribution in [0, 0.1) is 6.92 Å². The summed E-state index contributed by atoms with van der Waals surface area (Å²) in [6.07, 6.45) is 0.427. The SMILES string of the molecule is Cc1ccc(C2=NN3[C@@H](c4ccc(Cl)cc4Cl)Oc4ccc(Br)cc4[C@@H]3C2)s1. The van der Waals surface area contributed by atoms with Crippen LogP contribution < -0.4 is 4.74 Å². The van der Waals surface area contributed by atoms with Gasteiger partial charge < -0.3 is 4.74 Å². The molecule has 0 bridgehead atoms. The van der Waals surface area contributed by atoms with E-state index in [9.17, 15) is 0 Å². The van der Waals surface area contributed by atoms with Crippen molar-refractivity contribution in [2.24, 2.45) is 5.10 Å². The molecule has 2 aromatic carbocycles. The van der Waals surface area contributed by atoms with Crippen LogP contribution in [0.15, 0.2) is 58.1 Å². The first-order valence-electron chi connectivity index (χ1n) is 8.83. The highest BCUT2D eigenvalue weighted by atomic mass is 79.9. The Bertz CT molecular complexity index is 1110. The number of halogens is 3. The summed E-state index contributed by atoms with van der Waals surface area (Å²) in [7, 11) is 0. The monoisotopic (exact) mass is 492 g/mol. The number of hydrazone groups is 1. The molecule has 2 aliphatic rings. The average Bonchev–Trinajstić information content (AvgIpc) is 3.28. The molecule has 1 aromatic heterocycles. The van der Waals surface area contributed by atoms with Crippen LogP contribution in [0.5, 0.6) is 5.75 Å². The van der Waals surface area contributed by atoms with E-state index in [0.717, 1.165) is 33.5 Å². The molecule has 0 saturated carbocycles. The summed E-state index contributed by atoms with van der Waals surface area (Å²) >= 11 is 18.0. The molecule has 0 spiro atoms. The number of hydrogen-bond acceptors (Lipinski definition) is 4. The third-order valence-corrected chi connectivity index (χ3v) is 7.11. The molecule has 2 atom stereocenters. The fourth-order valence-electron chi connectivity index (χ4n) is 3.70. The van der Waals surface area contributed by atoms with E-state index in [1.165, 1.54) is 9.75 Å². The van der Waals surface area contributed by atoms with Gasteiger partial charge in [0.15, 0.2) is 0 Å². The second-order valence-electron chi connectivity index (χ2n) is 6.88. The third-order valence-electron chi connectivity index (χ3n) is 5.01. The third kappa shape index (κ3) is 3.14.